The molecule has 0 atom stereocenters. The zero-order valence-electron chi connectivity index (χ0n) is 17.1. The largest absolute Gasteiger partial charge is 0.492 e. The third-order valence-electron chi connectivity index (χ3n) is 4.53. The monoisotopic (exact) mass is 415 g/mol. The van der Waals surface area contributed by atoms with Gasteiger partial charge in [-0.15, -0.1) is 11.3 Å². The van der Waals surface area contributed by atoms with Crippen LogP contribution in [-0.2, 0) is 24.1 Å². The highest BCUT2D eigenvalue weighted by Gasteiger charge is 2.14. The predicted molar refractivity (Wildman–Crippen MR) is 118 cm³/mol. The fourth-order valence-corrected chi connectivity index (χ4v) is 3.87. The maximum atomic E-state index is 11.4. The highest BCUT2D eigenvalue weighted by Crippen LogP contribution is 2.26. The van der Waals surface area contributed by atoms with Crippen LogP contribution in [0.15, 0.2) is 29.4 Å². The molecule has 0 aliphatic carbocycles. The molecular weight excluding hydrogens is 386 g/mol. The molecule has 1 aromatic heterocycles. The highest BCUT2D eigenvalue weighted by molar-refractivity contribution is 7.11. The summed E-state index contributed by atoms with van der Waals surface area (Å²) in [6.45, 7) is 6.88. The van der Waals surface area contributed by atoms with Crippen molar-refractivity contribution in [1.29, 1.82) is 0 Å². The Balaban J connectivity index is 1.42. The Hall–Kier alpha value is -2.61. The van der Waals surface area contributed by atoms with Gasteiger partial charge in [0.25, 0.3) is 0 Å². The van der Waals surface area contributed by atoms with Gasteiger partial charge in [-0.05, 0) is 43.5 Å². The number of carbonyl (C=O) groups is 1. The molecule has 1 amide bonds. The van der Waals surface area contributed by atoms with Crippen LogP contribution in [0.2, 0.25) is 0 Å². The van der Waals surface area contributed by atoms with Crippen molar-refractivity contribution in [2.24, 2.45) is 4.99 Å². The maximum Gasteiger partial charge on any atom is 0.224 e. The first-order valence-corrected chi connectivity index (χ1v) is 11.0. The minimum Gasteiger partial charge on any atom is -0.492 e. The van der Waals surface area contributed by atoms with Crippen molar-refractivity contribution in [2.75, 3.05) is 31.6 Å². The van der Waals surface area contributed by atoms with Crippen LogP contribution >= 0.6 is 11.3 Å². The lowest BCUT2D eigenvalue weighted by atomic mass is 10.0. The van der Waals surface area contributed by atoms with Crippen LogP contribution in [0.4, 0.5) is 5.69 Å². The average Bonchev–Trinajstić information content (AvgIpc) is 3.19. The first-order valence-electron chi connectivity index (χ1n) is 10.2. The van der Waals surface area contributed by atoms with E-state index in [9.17, 15) is 4.79 Å². The van der Waals surface area contributed by atoms with Crippen molar-refractivity contribution in [2.45, 2.75) is 39.5 Å². The molecule has 156 valence electrons. The molecule has 0 unspecified atom stereocenters. The average molecular weight is 416 g/mol. The second-order valence-electron chi connectivity index (χ2n) is 6.73. The van der Waals surface area contributed by atoms with Gasteiger partial charge in [0, 0.05) is 42.7 Å². The lowest BCUT2D eigenvalue weighted by Crippen LogP contribution is -2.39. The second-order valence-corrected chi connectivity index (χ2v) is 7.93. The summed E-state index contributed by atoms with van der Waals surface area (Å²) in [6.07, 6.45) is 5.13. The molecule has 0 saturated carbocycles. The van der Waals surface area contributed by atoms with Gasteiger partial charge in [-0.25, -0.2) is 4.98 Å². The van der Waals surface area contributed by atoms with Crippen molar-refractivity contribution in [3.63, 3.8) is 0 Å². The van der Waals surface area contributed by atoms with Crippen LogP contribution in [-0.4, -0.2) is 43.1 Å². The number of anilines is 1. The smallest absolute Gasteiger partial charge is 0.224 e. The summed E-state index contributed by atoms with van der Waals surface area (Å²) >= 11 is 1.76. The van der Waals surface area contributed by atoms with Crippen molar-refractivity contribution >= 4 is 28.9 Å². The number of benzene rings is 1. The van der Waals surface area contributed by atoms with Gasteiger partial charge >= 0.3 is 0 Å². The number of hydrogen-bond donors (Lipinski definition) is 3. The minimum absolute atomic E-state index is 0.0753. The van der Waals surface area contributed by atoms with E-state index in [1.54, 1.807) is 11.3 Å². The number of amides is 1. The molecule has 1 aliphatic heterocycles. The Morgan fingerprint density at radius 2 is 2.21 bits per heavy atom. The van der Waals surface area contributed by atoms with Crippen molar-refractivity contribution in [1.82, 2.24) is 15.6 Å². The fourth-order valence-electron chi connectivity index (χ4n) is 3.02. The predicted octanol–water partition coefficient (Wildman–Crippen LogP) is 2.77. The Kier molecular flexibility index (Phi) is 7.86. The molecule has 3 N–H and O–H groups in total. The summed E-state index contributed by atoms with van der Waals surface area (Å²) in [6, 6.07) is 5.80. The van der Waals surface area contributed by atoms with Gasteiger partial charge in [0.2, 0.25) is 5.91 Å². The molecule has 1 aromatic carbocycles. The Morgan fingerprint density at radius 1 is 1.31 bits per heavy atom. The molecule has 0 radical (unpaired) electrons. The molecular formula is C21H29N5O2S. The Morgan fingerprint density at radius 3 is 3.00 bits per heavy atom. The molecule has 29 heavy (non-hydrogen) atoms. The number of aryl methyl sites for hydroxylation is 2. The van der Waals surface area contributed by atoms with Gasteiger partial charge in [0.15, 0.2) is 5.96 Å². The molecule has 2 heterocycles. The number of aliphatic imine (C=N–C) groups is 1. The summed E-state index contributed by atoms with van der Waals surface area (Å²) in [5, 5.41) is 10.6. The quantitative estimate of drug-likeness (QED) is 0.333. The number of rotatable bonds is 9. The van der Waals surface area contributed by atoms with Gasteiger partial charge < -0.3 is 20.7 Å². The lowest BCUT2D eigenvalue weighted by molar-refractivity contribution is -0.116. The van der Waals surface area contributed by atoms with Gasteiger partial charge in [0.1, 0.15) is 12.4 Å². The Labute approximate surface area is 176 Å². The van der Waals surface area contributed by atoms with E-state index in [1.807, 2.05) is 31.3 Å². The van der Waals surface area contributed by atoms with E-state index in [2.05, 4.69) is 32.9 Å². The van der Waals surface area contributed by atoms with E-state index in [-0.39, 0.29) is 5.91 Å². The summed E-state index contributed by atoms with van der Waals surface area (Å²) in [7, 11) is 0. The zero-order chi connectivity index (χ0) is 20.5. The normalized spacial score (nSPS) is 13.6. The van der Waals surface area contributed by atoms with Gasteiger partial charge in [-0.2, -0.15) is 0 Å². The van der Waals surface area contributed by atoms with Crippen molar-refractivity contribution < 1.29 is 9.53 Å². The number of nitrogens with one attached hydrogen (secondary N) is 3. The molecule has 8 heteroatoms. The number of nitrogens with zero attached hydrogens (tertiary/aromatic N) is 2. The fraction of sp³-hybridized carbons (Fsp3) is 0.476. The number of thiazole rings is 1. The third-order valence-corrected chi connectivity index (χ3v) is 5.73. The molecule has 1 aliphatic rings. The second kappa shape index (κ2) is 10.8. The zero-order valence-corrected chi connectivity index (χ0v) is 17.9. The summed E-state index contributed by atoms with van der Waals surface area (Å²) in [5.74, 6) is 1.68. The van der Waals surface area contributed by atoms with Crippen LogP contribution in [0.5, 0.6) is 5.75 Å². The van der Waals surface area contributed by atoms with E-state index >= 15 is 0 Å². The van der Waals surface area contributed by atoms with E-state index < -0.39 is 0 Å². The number of hydrogen-bond acceptors (Lipinski definition) is 5. The minimum atomic E-state index is 0.0753. The van der Waals surface area contributed by atoms with E-state index in [1.165, 1.54) is 4.88 Å². The number of ether oxygens (including phenoxy) is 1. The number of guanidine groups is 1. The lowest BCUT2D eigenvalue weighted by Gasteiger charge is -2.18. The molecule has 2 aromatic rings. The maximum absolute atomic E-state index is 11.4. The standard InChI is InChI=1S/C21H29N5O2S/c1-3-17-14-25-20(29-17)9-10-23-21(22-4-2)24-11-12-28-16-6-7-18-15(13-16)5-8-19(27)26-18/h6-7,13-14H,3-5,8-12H2,1-2H3,(H,26,27)(H2,22,23,24). The van der Waals surface area contributed by atoms with E-state index in [0.717, 1.165) is 53.8 Å². The van der Waals surface area contributed by atoms with Crippen LogP contribution in [0.25, 0.3) is 0 Å². The van der Waals surface area contributed by atoms with Crippen LogP contribution < -0.4 is 20.7 Å². The summed E-state index contributed by atoms with van der Waals surface area (Å²) < 4.78 is 5.85. The molecule has 3 rings (SSSR count). The number of fused-ring (bicyclic) bond motifs is 1. The topological polar surface area (TPSA) is 87.6 Å². The third kappa shape index (κ3) is 6.45. The molecule has 0 bridgehead atoms. The molecule has 7 nitrogen and oxygen atoms in total. The SMILES string of the molecule is CCNC(=NCCc1ncc(CC)s1)NCCOc1ccc2c(c1)CCC(=O)N2. The van der Waals surface area contributed by atoms with E-state index in [0.29, 0.717) is 26.1 Å². The van der Waals surface area contributed by atoms with E-state index in [4.69, 9.17) is 4.74 Å². The van der Waals surface area contributed by atoms with Gasteiger partial charge in [-0.3, -0.25) is 9.79 Å². The Bertz CT molecular complexity index is 849. The molecule has 0 spiro atoms. The molecule has 0 fully saturated rings. The van der Waals surface area contributed by atoms with Gasteiger partial charge in [0.05, 0.1) is 11.6 Å². The summed E-state index contributed by atoms with van der Waals surface area (Å²) in [5.41, 5.74) is 2.01. The van der Waals surface area contributed by atoms with Gasteiger partial charge in [-0.1, -0.05) is 6.92 Å². The highest BCUT2D eigenvalue weighted by atomic mass is 32.1. The molecule has 0 saturated heterocycles. The van der Waals surface area contributed by atoms with Crippen molar-refractivity contribution in [3.8, 4) is 5.75 Å². The first-order chi connectivity index (χ1) is 14.2. The van der Waals surface area contributed by atoms with Crippen molar-refractivity contribution in [3.05, 3.63) is 39.8 Å². The summed E-state index contributed by atoms with van der Waals surface area (Å²) in [4.78, 5) is 21.8. The van der Waals surface area contributed by atoms with Crippen LogP contribution in [0.1, 0.15) is 35.7 Å². The number of aromatic nitrogens is 1. The van der Waals surface area contributed by atoms with Crippen LogP contribution in [0.3, 0.4) is 0 Å². The number of carbonyl (C=O) groups excluding carboxylic acids is 1. The first kappa shape index (κ1) is 21.1. The van der Waals surface area contributed by atoms with Crippen LogP contribution in [0, 0.1) is 0 Å².